The van der Waals surface area contributed by atoms with Gasteiger partial charge in [-0.25, -0.2) is 0 Å². The number of hydrogen-bond donors (Lipinski definition) is 0. The molecule has 0 aliphatic carbocycles. The first-order valence-corrected chi connectivity index (χ1v) is 6.93. The molecule has 100 valence electrons. The van der Waals surface area contributed by atoms with Crippen LogP contribution in [0.15, 0.2) is 34.8 Å². The lowest BCUT2D eigenvalue weighted by molar-refractivity contribution is 0.320. The SMILES string of the molecule is CCOc1ccccc1C(C)(C=C(Cl)Cl)C(C)C. The highest BCUT2D eigenvalue weighted by Crippen LogP contribution is 2.40. The fraction of sp³-hybridized carbons (Fsp3) is 0.467. The maximum atomic E-state index is 5.87. The molecule has 0 saturated carbocycles. The molecule has 3 heteroatoms. The van der Waals surface area contributed by atoms with E-state index in [9.17, 15) is 0 Å². The predicted octanol–water partition coefficient (Wildman–Crippen LogP) is 5.32. The van der Waals surface area contributed by atoms with Crippen LogP contribution in [-0.2, 0) is 5.41 Å². The minimum absolute atomic E-state index is 0.245. The largest absolute Gasteiger partial charge is 0.494 e. The fourth-order valence-electron chi connectivity index (χ4n) is 1.98. The van der Waals surface area contributed by atoms with Crippen LogP contribution in [0.2, 0.25) is 0 Å². The van der Waals surface area contributed by atoms with Gasteiger partial charge in [-0.15, -0.1) is 0 Å². The third-order valence-electron chi connectivity index (χ3n) is 3.38. The molecule has 0 spiro atoms. The van der Waals surface area contributed by atoms with Crippen molar-refractivity contribution in [2.45, 2.75) is 33.1 Å². The van der Waals surface area contributed by atoms with Gasteiger partial charge < -0.3 is 4.74 Å². The van der Waals surface area contributed by atoms with E-state index in [-0.39, 0.29) is 9.91 Å². The van der Waals surface area contributed by atoms with Crippen molar-refractivity contribution in [2.75, 3.05) is 6.61 Å². The van der Waals surface area contributed by atoms with Crippen LogP contribution < -0.4 is 4.74 Å². The monoisotopic (exact) mass is 286 g/mol. The van der Waals surface area contributed by atoms with Gasteiger partial charge in [0.25, 0.3) is 0 Å². The summed E-state index contributed by atoms with van der Waals surface area (Å²) in [6, 6.07) is 8.03. The van der Waals surface area contributed by atoms with Gasteiger partial charge in [-0.1, -0.05) is 62.2 Å². The minimum Gasteiger partial charge on any atom is -0.494 e. The van der Waals surface area contributed by atoms with E-state index in [0.717, 1.165) is 11.3 Å². The lowest BCUT2D eigenvalue weighted by Gasteiger charge is -2.32. The second-order valence-corrected chi connectivity index (χ2v) is 5.81. The molecule has 18 heavy (non-hydrogen) atoms. The molecular formula is C15H20Cl2O. The van der Waals surface area contributed by atoms with Crippen molar-refractivity contribution in [3.63, 3.8) is 0 Å². The van der Waals surface area contributed by atoms with Crippen LogP contribution >= 0.6 is 23.2 Å². The van der Waals surface area contributed by atoms with Gasteiger partial charge in [-0.3, -0.25) is 0 Å². The molecule has 1 unspecified atom stereocenters. The van der Waals surface area contributed by atoms with E-state index in [1.54, 1.807) is 0 Å². The Morgan fingerprint density at radius 2 is 1.94 bits per heavy atom. The lowest BCUT2D eigenvalue weighted by atomic mass is 9.73. The zero-order valence-electron chi connectivity index (χ0n) is 11.3. The molecule has 0 bridgehead atoms. The van der Waals surface area contributed by atoms with Gasteiger partial charge in [0.1, 0.15) is 10.2 Å². The molecule has 0 N–H and O–H groups in total. The molecule has 1 rings (SSSR count). The number of allylic oxidation sites excluding steroid dienone is 1. The van der Waals surface area contributed by atoms with Crippen molar-refractivity contribution >= 4 is 23.2 Å². The summed E-state index contributed by atoms with van der Waals surface area (Å²) in [5.74, 6) is 1.24. The van der Waals surface area contributed by atoms with E-state index in [1.165, 1.54) is 0 Å². The first-order chi connectivity index (χ1) is 8.41. The fourth-order valence-corrected chi connectivity index (χ4v) is 2.43. The van der Waals surface area contributed by atoms with Crippen molar-refractivity contribution in [1.29, 1.82) is 0 Å². The standard InChI is InChI=1S/C15H20Cl2O/c1-5-18-13-9-7-6-8-12(13)15(4,11(2)3)10-14(16)17/h6-11H,5H2,1-4H3. The number of para-hydroxylation sites is 1. The molecule has 0 aliphatic rings. The number of halogens is 2. The van der Waals surface area contributed by atoms with Gasteiger partial charge in [-0.2, -0.15) is 0 Å². The maximum absolute atomic E-state index is 5.87. The van der Waals surface area contributed by atoms with Gasteiger partial charge in [0.05, 0.1) is 6.61 Å². The average Bonchev–Trinajstić information content (AvgIpc) is 2.28. The van der Waals surface area contributed by atoms with Crippen molar-refractivity contribution in [2.24, 2.45) is 5.92 Å². The maximum Gasteiger partial charge on any atom is 0.123 e. The molecule has 1 aromatic rings. The first kappa shape index (κ1) is 15.4. The van der Waals surface area contributed by atoms with E-state index < -0.39 is 0 Å². The quantitative estimate of drug-likeness (QED) is 0.712. The summed E-state index contributed by atoms with van der Waals surface area (Å²) in [7, 11) is 0. The Morgan fingerprint density at radius 3 is 2.44 bits per heavy atom. The van der Waals surface area contributed by atoms with Gasteiger partial charge >= 0.3 is 0 Å². The van der Waals surface area contributed by atoms with E-state index in [1.807, 2.05) is 31.2 Å². The summed E-state index contributed by atoms with van der Waals surface area (Å²) in [6.07, 6.45) is 1.89. The van der Waals surface area contributed by atoms with Crippen molar-refractivity contribution in [3.8, 4) is 5.75 Å². The van der Waals surface area contributed by atoms with Crippen molar-refractivity contribution in [1.82, 2.24) is 0 Å². The zero-order chi connectivity index (χ0) is 13.8. The third kappa shape index (κ3) is 3.43. The molecule has 0 fully saturated rings. The Labute approximate surface area is 120 Å². The molecule has 1 nitrogen and oxygen atoms in total. The van der Waals surface area contributed by atoms with Crippen LogP contribution in [0.1, 0.15) is 33.3 Å². The van der Waals surface area contributed by atoms with E-state index in [0.29, 0.717) is 12.5 Å². The molecule has 1 aromatic carbocycles. The second kappa shape index (κ2) is 6.49. The molecule has 0 aromatic heterocycles. The predicted molar refractivity (Wildman–Crippen MR) is 79.6 cm³/mol. The Kier molecular flexibility index (Phi) is 5.55. The third-order valence-corrected chi connectivity index (χ3v) is 3.59. The Hall–Kier alpha value is -0.660. The highest BCUT2D eigenvalue weighted by molar-refractivity contribution is 6.55. The van der Waals surface area contributed by atoms with Gasteiger partial charge in [0.2, 0.25) is 0 Å². The summed E-state index contributed by atoms with van der Waals surface area (Å²) in [5.41, 5.74) is 0.866. The molecule has 0 amide bonds. The molecule has 0 saturated heterocycles. The van der Waals surface area contributed by atoms with Crippen LogP contribution in [0.3, 0.4) is 0 Å². The summed E-state index contributed by atoms with van der Waals surface area (Å²) < 4.78 is 5.99. The van der Waals surface area contributed by atoms with Gasteiger partial charge in [0, 0.05) is 11.0 Å². The number of benzene rings is 1. The van der Waals surface area contributed by atoms with Crippen LogP contribution in [0.25, 0.3) is 0 Å². The van der Waals surface area contributed by atoms with Gasteiger partial charge in [0.15, 0.2) is 0 Å². The van der Waals surface area contributed by atoms with Crippen LogP contribution in [0.5, 0.6) is 5.75 Å². The normalized spacial score (nSPS) is 14.2. The molecule has 0 heterocycles. The topological polar surface area (TPSA) is 9.23 Å². The second-order valence-electron chi connectivity index (χ2n) is 4.80. The van der Waals surface area contributed by atoms with Crippen LogP contribution in [0.4, 0.5) is 0 Å². The number of ether oxygens (including phenoxy) is 1. The lowest BCUT2D eigenvalue weighted by Crippen LogP contribution is -2.27. The highest BCUT2D eigenvalue weighted by Gasteiger charge is 2.31. The minimum atomic E-state index is -0.245. The van der Waals surface area contributed by atoms with E-state index in [4.69, 9.17) is 27.9 Å². The number of rotatable bonds is 5. The average molecular weight is 287 g/mol. The smallest absolute Gasteiger partial charge is 0.123 e. The summed E-state index contributed by atoms with van der Waals surface area (Å²) in [6.45, 7) is 9.05. The van der Waals surface area contributed by atoms with Crippen LogP contribution in [0, 0.1) is 5.92 Å². The van der Waals surface area contributed by atoms with Gasteiger partial charge in [-0.05, 0) is 25.0 Å². The Bertz CT molecular complexity index is 422. The van der Waals surface area contributed by atoms with Crippen molar-refractivity contribution < 1.29 is 4.74 Å². The molecule has 1 atom stereocenters. The Balaban J connectivity index is 3.34. The zero-order valence-corrected chi connectivity index (χ0v) is 12.8. The Morgan fingerprint density at radius 1 is 1.33 bits per heavy atom. The van der Waals surface area contributed by atoms with E-state index in [2.05, 4.69) is 26.8 Å². The number of hydrogen-bond acceptors (Lipinski definition) is 1. The van der Waals surface area contributed by atoms with E-state index >= 15 is 0 Å². The molecule has 0 aliphatic heterocycles. The summed E-state index contributed by atoms with van der Waals surface area (Å²) in [5, 5.41) is 0. The highest BCUT2D eigenvalue weighted by atomic mass is 35.5. The van der Waals surface area contributed by atoms with Crippen LogP contribution in [-0.4, -0.2) is 6.61 Å². The van der Waals surface area contributed by atoms with Crippen molar-refractivity contribution in [3.05, 3.63) is 40.4 Å². The summed E-state index contributed by atoms with van der Waals surface area (Å²) in [4.78, 5) is 0. The first-order valence-electron chi connectivity index (χ1n) is 6.18. The molecular weight excluding hydrogens is 267 g/mol. The molecule has 0 radical (unpaired) electrons. The summed E-state index contributed by atoms with van der Waals surface area (Å²) >= 11 is 11.7.